The van der Waals surface area contributed by atoms with Gasteiger partial charge in [0.2, 0.25) is 0 Å². The highest BCUT2D eigenvalue weighted by atomic mass is 35.5. The summed E-state index contributed by atoms with van der Waals surface area (Å²) < 4.78 is 13.3. The molecule has 40 heavy (non-hydrogen) atoms. The van der Waals surface area contributed by atoms with Gasteiger partial charge in [0, 0.05) is 39.1 Å². The summed E-state index contributed by atoms with van der Waals surface area (Å²) in [6, 6.07) is 17.4. The van der Waals surface area contributed by atoms with Gasteiger partial charge in [0.05, 0.1) is 25.0 Å². The van der Waals surface area contributed by atoms with Crippen LogP contribution in [0.4, 0.5) is 11.4 Å². The quantitative estimate of drug-likeness (QED) is 0.276. The summed E-state index contributed by atoms with van der Waals surface area (Å²) in [7, 11) is 1.57. The van der Waals surface area contributed by atoms with Gasteiger partial charge in [-0.25, -0.2) is 4.98 Å². The first-order chi connectivity index (χ1) is 19.2. The van der Waals surface area contributed by atoms with Crippen molar-refractivity contribution in [3.8, 4) is 22.9 Å². The van der Waals surface area contributed by atoms with Gasteiger partial charge in [0.25, 0.3) is 11.8 Å². The molecule has 2 amide bonds. The Bertz CT molecular complexity index is 1700. The van der Waals surface area contributed by atoms with E-state index in [4.69, 9.17) is 37.7 Å². The lowest BCUT2D eigenvalue weighted by Crippen LogP contribution is -2.51. The molecule has 10 heteroatoms. The van der Waals surface area contributed by atoms with E-state index in [-0.39, 0.29) is 17.6 Å². The number of amides is 2. The lowest BCUT2D eigenvalue weighted by Gasteiger charge is -2.35. The maximum Gasteiger partial charge on any atom is 0.280 e. The highest BCUT2D eigenvalue weighted by Gasteiger charge is 2.64. The number of ether oxygens (including phenoxy) is 2. The SMILES string of the molecule is CCOc1ccc(-c2nc3c(n2C(C)C)C2(C(=O)Nc4cc(Cl)ccc42)N(c2cccc(Cl)c2)C3=O)c(OC)c1. The van der Waals surface area contributed by atoms with Crippen LogP contribution in [-0.2, 0) is 10.3 Å². The minimum absolute atomic E-state index is 0.178. The molecule has 0 saturated heterocycles. The Morgan fingerprint density at radius 3 is 2.50 bits per heavy atom. The van der Waals surface area contributed by atoms with Gasteiger partial charge < -0.3 is 19.4 Å². The van der Waals surface area contributed by atoms with Crippen molar-refractivity contribution in [1.82, 2.24) is 9.55 Å². The van der Waals surface area contributed by atoms with Crippen molar-refractivity contribution in [3.63, 3.8) is 0 Å². The number of methoxy groups -OCH3 is 1. The number of carbonyl (C=O) groups is 2. The zero-order valence-corrected chi connectivity index (χ0v) is 23.8. The molecular formula is C30H26Cl2N4O4. The molecule has 1 aromatic heterocycles. The summed E-state index contributed by atoms with van der Waals surface area (Å²) in [5.41, 5.74) is 1.37. The first kappa shape index (κ1) is 26.2. The van der Waals surface area contributed by atoms with E-state index in [1.165, 1.54) is 4.90 Å². The first-order valence-electron chi connectivity index (χ1n) is 12.9. The predicted molar refractivity (Wildman–Crippen MR) is 155 cm³/mol. The maximum absolute atomic E-state index is 14.4. The number of nitrogens with zero attached hydrogens (tertiary/aromatic N) is 3. The lowest BCUT2D eigenvalue weighted by atomic mass is 9.87. The minimum atomic E-state index is -1.55. The third-order valence-corrected chi connectivity index (χ3v) is 7.72. The topological polar surface area (TPSA) is 85.7 Å². The highest BCUT2D eigenvalue weighted by Crippen LogP contribution is 2.54. The van der Waals surface area contributed by atoms with Crippen molar-refractivity contribution in [1.29, 1.82) is 0 Å². The Labute approximate surface area is 241 Å². The molecular weight excluding hydrogens is 551 g/mol. The zero-order chi connectivity index (χ0) is 28.3. The van der Waals surface area contributed by atoms with Crippen LogP contribution in [0.25, 0.3) is 11.4 Å². The molecule has 0 radical (unpaired) electrons. The summed E-state index contributed by atoms with van der Waals surface area (Å²) in [5, 5.41) is 3.87. The highest BCUT2D eigenvalue weighted by molar-refractivity contribution is 6.32. The van der Waals surface area contributed by atoms with Gasteiger partial charge in [-0.2, -0.15) is 0 Å². The van der Waals surface area contributed by atoms with E-state index in [2.05, 4.69) is 5.32 Å². The number of rotatable bonds is 6. The maximum atomic E-state index is 14.4. The van der Waals surface area contributed by atoms with Gasteiger partial charge in [-0.1, -0.05) is 35.3 Å². The van der Waals surface area contributed by atoms with Crippen molar-refractivity contribution in [2.24, 2.45) is 0 Å². The van der Waals surface area contributed by atoms with Crippen LogP contribution >= 0.6 is 23.2 Å². The van der Waals surface area contributed by atoms with E-state index in [0.29, 0.717) is 62.2 Å². The van der Waals surface area contributed by atoms with Crippen LogP contribution < -0.4 is 19.7 Å². The van der Waals surface area contributed by atoms with Crippen LogP contribution in [0.2, 0.25) is 10.0 Å². The van der Waals surface area contributed by atoms with Crippen LogP contribution in [0.15, 0.2) is 60.7 Å². The largest absolute Gasteiger partial charge is 0.496 e. The molecule has 2 aliphatic heterocycles. The third kappa shape index (κ3) is 3.63. The average Bonchev–Trinajstić information content (AvgIpc) is 3.52. The van der Waals surface area contributed by atoms with Gasteiger partial charge in [-0.05, 0) is 63.2 Å². The smallest absolute Gasteiger partial charge is 0.280 e. The summed E-state index contributed by atoms with van der Waals surface area (Å²) in [6.45, 7) is 6.39. The molecule has 204 valence electrons. The van der Waals surface area contributed by atoms with Crippen LogP contribution in [0.1, 0.15) is 48.6 Å². The second-order valence-electron chi connectivity index (χ2n) is 9.87. The van der Waals surface area contributed by atoms with Gasteiger partial charge in [0.1, 0.15) is 17.3 Å². The standard InChI is InChI=1S/C30H26Cl2N4O4/c1-5-40-20-10-11-21(24(15-20)39-4)27-34-25-26(35(27)16(2)3)30(22-12-9-18(32)14-23(22)33-29(30)38)36(28(25)37)19-8-6-7-17(31)13-19/h6-16H,5H2,1-4H3,(H,33,38). The number of halogens is 2. The van der Waals surface area contributed by atoms with Crippen LogP contribution in [0.5, 0.6) is 11.5 Å². The molecule has 1 N–H and O–H groups in total. The lowest BCUT2D eigenvalue weighted by molar-refractivity contribution is -0.119. The Morgan fingerprint density at radius 1 is 1.02 bits per heavy atom. The Balaban J connectivity index is 1.69. The second-order valence-corrected chi connectivity index (χ2v) is 10.7. The average molecular weight is 577 g/mol. The van der Waals surface area contributed by atoms with Crippen molar-refractivity contribution in [2.45, 2.75) is 32.4 Å². The van der Waals surface area contributed by atoms with Gasteiger partial charge in [-0.3, -0.25) is 14.5 Å². The Kier molecular flexibility index (Phi) is 6.27. The van der Waals surface area contributed by atoms with Crippen molar-refractivity contribution in [3.05, 3.63) is 87.7 Å². The summed E-state index contributed by atoms with van der Waals surface area (Å²) in [6.07, 6.45) is 0. The number of benzene rings is 3. The van der Waals surface area contributed by atoms with Crippen LogP contribution in [0, 0.1) is 0 Å². The van der Waals surface area contributed by atoms with Crippen LogP contribution in [-0.4, -0.2) is 35.1 Å². The van der Waals surface area contributed by atoms with Gasteiger partial charge >= 0.3 is 0 Å². The van der Waals surface area contributed by atoms with Gasteiger partial charge in [-0.15, -0.1) is 0 Å². The molecule has 1 spiro atoms. The zero-order valence-electron chi connectivity index (χ0n) is 22.3. The first-order valence-corrected chi connectivity index (χ1v) is 13.6. The number of carbonyl (C=O) groups excluding carboxylic acids is 2. The molecule has 1 atom stereocenters. The molecule has 4 aromatic rings. The normalized spacial score (nSPS) is 17.4. The van der Waals surface area contributed by atoms with Crippen molar-refractivity contribution < 1.29 is 19.1 Å². The van der Waals surface area contributed by atoms with Gasteiger partial charge in [0.15, 0.2) is 11.2 Å². The minimum Gasteiger partial charge on any atom is -0.496 e. The summed E-state index contributed by atoms with van der Waals surface area (Å²) in [4.78, 5) is 35.0. The molecule has 0 bridgehead atoms. The number of aromatic nitrogens is 2. The Hall–Kier alpha value is -4.01. The van der Waals surface area contributed by atoms with Crippen molar-refractivity contribution in [2.75, 3.05) is 23.9 Å². The molecule has 0 saturated carbocycles. The number of imidazole rings is 1. The number of anilines is 2. The molecule has 6 rings (SSSR count). The molecule has 1 unspecified atom stereocenters. The molecule has 0 fully saturated rings. The molecule has 3 heterocycles. The van der Waals surface area contributed by atoms with E-state index in [9.17, 15) is 9.59 Å². The molecule has 0 aliphatic carbocycles. The monoisotopic (exact) mass is 576 g/mol. The Morgan fingerprint density at radius 2 is 1.80 bits per heavy atom. The van der Waals surface area contributed by atoms with Crippen LogP contribution in [0.3, 0.4) is 0 Å². The summed E-state index contributed by atoms with van der Waals surface area (Å²) >= 11 is 12.7. The molecule has 3 aromatic carbocycles. The number of nitrogens with one attached hydrogen (secondary N) is 1. The predicted octanol–water partition coefficient (Wildman–Crippen LogP) is 6.70. The number of hydrogen-bond donors (Lipinski definition) is 1. The van der Waals surface area contributed by atoms with E-state index in [1.807, 2.05) is 37.5 Å². The van der Waals surface area contributed by atoms with Crippen molar-refractivity contribution >= 4 is 46.4 Å². The van der Waals surface area contributed by atoms with E-state index < -0.39 is 11.4 Å². The number of fused-ring (bicyclic) bond motifs is 4. The van der Waals surface area contributed by atoms with E-state index in [0.717, 1.165) is 0 Å². The van der Waals surface area contributed by atoms with E-state index >= 15 is 0 Å². The second kappa shape index (κ2) is 9.57. The number of hydrogen-bond acceptors (Lipinski definition) is 5. The molecule has 8 nitrogen and oxygen atoms in total. The summed E-state index contributed by atoms with van der Waals surface area (Å²) in [5.74, 6) is 0.893. The third-order valence-electron chi connectivity index (χ3n) is 7.25. The molecule has 2 aliphatic rings. The fraction of sp³-hybridized carbons (Fsp3) is 0.233. The fourth-order valence-corrected chi connectivity index (χ4v) is 6.11. The fourth-order valence-electron chi connectivity index (χ4n) is 5.75. The van der Waals surface area contributed by atoms with E-state index in [1.54, 1.807) is 55.6 Å².